The quantitative estimate of drug-likeness (QED) is 0.0901. The molecule has 0 saturated heterocycles. The van der Waals surface area contributed by atoms with Gasteiger partial charge >= 0.3 is 5.97 Å². The first kappa shape index (κ1) is 39.1. The van der Waals surface area contributed by atoms with Gasteiger partial charge in [-0.05, 0) is 73.8 Å². The van der Waals surface area contributed by atoms with Gasteiger partial charge in [0.25, 0.3) is 0 Å². The third-order valence-corrected chi connectivity index (χ3v) is 8.35. The number of phenols is 1. The molecule has 0 bridgehead atoms. The average Bonchev–Trinajstić information content (AvgIpc) is 3.06. The minimum Gasteiger partial charge on any atom is -0.507 e. The van der Waals surface area contributed by atoms with Gasteiger partial charge in [-0.25, -0.2) is 0 Å². The van der Waals surface area contributed by atoms with Gasteiger partial charge in [0.2, 0.25) is 23.6 Å². The monoisotopic (exact) mass is 671 g/mol. The third-order valence-electron chi connectivity index (χ3n) is 7.71. The second-order valence-corrected chi connectivity index (χ2v) is 12.4. The standard InChI is InChI=1S/C34H49N5O7S/c1-22-14-15-25(23(2)31(22)42)20-26(35)32(43)39-27(16-18-47-4)33(44)37-21-29(40)38-28(19-24-11-7-5-8-12-24)34(45)36-17-10-6-9-13-30(41)46-3/h5,7-8,11-12,14-15,26-28,42H,6,9-10,13,16-21,35H2,1-4H3,(H,36,45)(H,37,44)(H,38,40)(H,39,43)/t26-,27+,28-/m0/s1. The molecule has 12 nitrogen and oxygen atoms in total. The van der Waals surface area contributed by atoms with E-state index in [4.69, 9.17) is 5.73 Å². The SMILES string of the molecule is COC(=O)CCCCCNC(=O)[C@H](Cc1ccccc1)NC(=O)CNC(=O)[C@@H](CCSC)NC(=O)[C@@H](N)Cc1ccc(C)c(O)c1C. The fourth-order valence-electron chi connectivity index (χ4n) is 4.81. The van der Waals surface area contributed by atoms with Crippen molar-refractivity contribution in [2.45, 2.75) is 76.9 Å². The van der Waals surface area contributed by atoms with Gasteiger partial charge in [-0.3, -0.25) is 24.0 Å². The molecule has 0 unspecified atom stereocenters. The minimum atomic E-state index is -0.964. The third kappa shape index (κ3) is 14.1. The first-order valence-electron chi connectivity index (χ1n) is 15.7. The second-order valence-electron chi connectivity index (χ2n) is 11.4. The number of nitrogens with one attached hydrogen (secondary N) is 4. The number of phenolic OH excluding ortho intramolecular Hbond substituents is 1. The van der Waals surface area contributed by atoms with Gasteiger partial charge in [-0.2, -0.15) is 11.8 Å². The summed E-state index contributed by atoms with van der Waals surface area (Å²) in [7, 11) is 1.34. The van der Waals surface area contributed by atoms with Crippen molar-refractivity contribution in [2.75, 3.05) is 32.2 Å². The summed E-state index contributed by atoms with van der Waals surface area (Å²) in [5.74, 6) is -1.54. The van der Waals surface area contributed by atoms with E-state index in [0.717, 1.165) is 23.1 Å². The first-order valence-corrected chi connectivity index (χ1v) is 17.1. The van der Waals surface area contributed by atoms with E-state index in [1.165, 1.54) is 18.9 Å². The molecule has 0 spiro atoms. The molecule has 258 valence electrons. The van der Waals surface area contributed by atoms with Crippen LogP contribution in [-0.2, 0) is 41.6 Å². The van der Waals surface area contributed by atoms with Crippen molar-refractivity contribution in [2.24, 2.45) is 5.73 Å². The largest absolute Gasteiger partial charge is 0.507 e. The van der Waals surface area contributed by atoms with E-state index in [1.807, 2.05) is 42.7 Å². The van der Waals surface area contributed by atoms with Crippen molar-refractivity contribution < 1.29 is 33.8 Å². The molecule has 0 fully saturated rings. The summed E-state index contributed by atoms with van der Waals surface area (Å²) in [5, 5.41) is 21.1. The lowest BCUT2D eigenvalue weighted by Gasteiger charge is -2.22. The number of carbonyl (C=O) groups excluding carboxylic acids is 5. The lowest BCUT2D eigenvalue weighted by molar-refractivity contribution is -0.140. The highest BCUT2D eigenvalue weighted by Crippen LogP contribution is 2.25. The van der Waals surface area contributed by atoms with Crippen molar-refractivity contribution in [1.29, 1.82) is 0 Å². The van der Waals surface area contributed by atoms with Crippen LogP contribution in [-0.4, -0.2) is 85.0 Å². The molecule has 4 amide bonds. The number of hydrogen-bond acceptors (Lipinski definition) is 9. The van der Waals surface area contributed by atoms with Crippen LogP contribution in [0, 0.1) is 13.8 Å². The summed E-state index contributed by atoms with van der Waals surface area (Å²) < 4.78 is 4.63. The Labute approximate surface area is 281 Å². The summed E-state index contributed by atoms with van der Waals surface area (Å²) in [5.41, 5.74) is 9.12. The zero-order valence-electron chi connectivity index (χ0n) is 27.7. The molecular weight excluding hydrogens is 622 g/mol. The minimum absolute atomic E-state index is 0.154. The Kier molecular flexibility index (Phi) is 17.4. The van der Waals surface area contributed by atoms with Crippen LogP contribution in [0.3, 0.4) is 0 Å². The highest BCUT2D eigenvalue weighted by atomic mass is 32.2. The van der Waals surface area contributed by atoms with Crippen molar-refractivity contribution in [1.82, 2.24) is 21.3 Å². The maximum atomic E-state index is 13.1. The molecule has 47 heavy (non-hydrogen) atoms. The number of nitrogens with two attached hydrogens (primary N) is 1. The molecule has 2 aromatic carbocycles. The Morgan fingerprint density at radius 2 is 1.57 bits per heavy atom. The summed E-state index contributed by atoms with van der Waals surface area (Å²) in [6.45, 7) is 3.52. The molecule has 13 heteroatoms. The predicted molar refractivity (Wildman–Crippen MR) is 183 cm³/mol. The van der Waals surface area contributed by atoms with Crippen LogP contribution in [0.15, 0.2) is 42.5 Å². The number of aryl methyl sites for hydroxylation is 1. The van der Waals surface area contributed by atoms with Crippen molar-refractivity contribution in [3.05, 3.63) is 64.7 Å². The number of benzene rings is 2. The zero-order chi connectivity index (χ0) is 34.8. The van der Waals surface area contributed by atoms with Gasteiger partial charge < -0.3 is 36.8 Å². The van der Waals surface area contributed by atoms with E-state index in [2.05, 4.69) is 26.0 Å². The average molecular weight is 672 g/mol. The number of methoxy groups -OCH3 is 1. The number of esters is 1. The Hall–Kier alpha value is -4.10. The van der Waals surface area contributed by atoms with Gasteiger partial charge in [-0.15, -0.1) is 0 Å². The lowest BCUT2D eigenvalue weighted by Crippen LogP contribution is -2.54. The van der Waals surface area contributed by atoms with E-state index < -0.39 is 42.4 Å². The van der Waals surface area contributed by atoms with Crippen LogP contribution in [0.1, 0.15) is 54.4 Å². The van der Waals surface area contributed by atoms with E-state index in [9.17, 15) is 29.1 Å². The topological polar surface area (TPSA) is 189 Å². The van der Waals surface area contributed by atoms with Gasteiger partial charge in [0.05, 0.1) is 19.7 Å². The number of amides is 4. The molecule has 2 aromatic rings. The number of thioether (sulfide) groups is 1. The van der Waals surface area contributed by atoms with Crippen LogP contribution in [0.4, 0.5) is 0 Å². The van der Waals surface area contributed by atoms with Crippen LogP contribution < -0.4 is 27.0 Å². The lowest BCUT2D eigenvalue weighted by atomic mass is 9.98. The summed E-state index contributed by atoms with van der Waals surface area (Å²) in [4.78, 5) is 63.3. The van der Waals surface area contributed by atoms with Crippen LogP contribution in [0.2, 0.25) is 0 Å². The van der Waals surface area contributed by atoms with E-state index in [0.29, 0.717) is 43.5 Å². The number of ether oxygens (including phenoxy) is 1. The van der Waals surface area contributed by atoms with Gasteiger partial charge in [0, 0.05) is 19.4 Å². The van der Waals surface area contributed by atoms with E-state index in [1.54, 1.807) is 19.9 Å². The first-order chi connectivity index (χ1) is 22.5. The Morgan fingerprint density at radius 1 is 0.872 bits per heavy atom. The summed E-state index contributed by atoms with van der Waals surface area (Å²) in [6, 6.07) is 10.0. The van der Waals surface area contributed by atoms with E-state index >= 15 is 0 Å². The molecule has 7 N–H and O–H groups in total. The maximum Gasteiger partial charge on any atom is 0.305 e. The number of aromatic hydroxyl groups is 1. The van der Waals surface area contributed by atoms with Crippen molar-refractivity contribution in [3.63, 3.8) is 0 Å². The smallest absolute Gasteiger partial charge is 0.305 e. The molecule has 0 aromatic heterocycles. The molecule has 2 rings (SSSR count). The molecular formula is C34H49N5O7S. The van der Waals surface area contributed by atoms with Crippen LogP contribution in [0.5, 0.6) is 5.75 Å². The van der Waals surface area contributed by atoms with Crippen LogP contribution >= 0.6 is 11.8 Å². The van der Waals surface area contributed by atoms with Gasteiger partial charge in [0.1, 0.15) is 17.8 Å². The second kappa shape index (κ2) is 20.9. The fourth-order valence-corrected chi connectivity index (χ4v) is 5.29. The molecule has 0 radical (unpaired) electrons. The van der Waals surface area contributed by atoms with Gasteiger partial charge in [-0.1, -0.05) is 48.9 Å². The molecule has 3 atom stereocenters. The van der Waals surface area contributed by atoms with E-state index in [-0.39, 0.29) is 30.5 Å². The van der Waals surface area contributed by atoms with Crippen molar-refractivity contribution in [3.8, 4) is 5.75 Å². The molecule has 0 heterocycles. The predicted octanol–water partition coefficient (Wildman–Crippen LogP) is 1.81. The molecule has 0 aliphatic rings. The molecule has 0 aliphatic heterocycles. The molecule has 0 aliphatic carbocycles. The normalized spacial score (nSPS) is 12.7. The highest BCUT2D eigenvalue weighted by Gasteiger charge is 2.26. The Bertz CT molecular complexity index is 1340. The number of unbranched alkanes of at least 4 members (excludes halogenated alkanes) is 2. The number of hydrogen-bond donors (Lipinski definition) is 6. The Balaban J connectivity index is 1.96. The Morgan fingerprint density at radius 3 is 2.26 bits per heavy atom. The van der Waals surface area contributed by atoms with Crippen molar-refractivity contribution >= 4 is 41.4 Å². The van der Waals surface area contributed by atoms with Gasteiger partial charge in [0.15, 0.2) is 0 Å². The molecule has 0 saturated carbocycles. The highest BCUT2D eigenvalue weighted by molar-refractivity contribution is 7.98. The summed E-state index contributed by atoms with van der Waals surface area (Å²) in [6.07, 6.45) is 4.96. The zero-order valence-corrected chi connectivity index (χ0v) is 28.5. The fraction of sp³-hybridized carbons (Fsp3) is 0.500. The number of rotatable bonds is 20. The maximum absolute atomic E-state index is 13.1. The number of carbonyl (C=O) groups is 5. The van der Waals surface area contributed by atoms with Crippen LogP contribution in [0.25, 0.3) is 0 Å². The summed E-state index contributed by atoms with van der Waals surface area (Å²) >= 11 is 1.51.